The van der Waals surface area contributed by atoms with Crippen LogP contribution in [0, 0.1) is 0 Å². The number of nitrogens with zero attached hydrogens (tertiary/aromatic N) is 2. The van der Waals surface area contributed by atoms with E-state index in [4.69, 9.17) is 12.2 Å². The summed E-state index contributed by atoms with van der Waals surface area (Å²) in [6.07, 6.45) is 1.81. The normalized spacial score (nSPS) is 16.9. The average molecular weight is 318 g/mol. The van der Waals surface area contributed by atoms with E-state index in [-0.39, 0.29) is 0 Å². The Balaban J connectivity index is 1.72. The topological polar surface area (TPSA) is 30.5 Å². The Morgan fingerprint density at radius 1 is 1.23 bits per heavy atom. The largest absolute Gasteiger partial charge is 0.369 e. The third-order valence-electron chi connectivity index (χ3n) is 4.02. The summed E-state index contributed by atoms with van der Waals surface area (Å²) < 4.78 is 0. The fourth-order valence-electron chi connectivity index (χ4n) is 2.66. The minimum Gasteiger partial charge on any atom is -0.369 e. The summed E-state index contributed by atoms with van der Waals surface area (Å²) in [5.74, 6) is 0. The first-order valence-corrected chi connectivity index (χ1v) is 8.28. The molecule has 4 nitrogen and oxygen atoms in total. The fraction of sp³-hybridized carbons (Fsp3) is 0.471. The third kappa shape index (κ3) is 5.00. The van der Waals surface area contributed by atoms with Crippen molar-refractivity contribution in [3.63, 3.8) is 0 Å². The summed E-state index contributed by atoms with van der Waals surface area (Å²) in [5.41, 5.74) is 1.32. The number of thiocarbonyl (C=S) groups is 1. The lowest BCUT2D eigenvalue weighted by molar-refractivity contribution is 0.197. The van der Waals surface area contributed by atoms with E-state index in [1.54, 1.807) is 6.08 Å². The molecule has 5 heteroatoms. The van der Waals surface area contributed by atoms with Crippen molar-refractivity contribution in [2.75, 3.05) is 44.2 Å². The molecule has 0 radical (unpaired) electrons. The lowest BCUT2D eigenvalue weighted by Crippen LogP contribution is -2.53. The summed E-state index contributed by atoms with van der Waals surface area (Å²) in [5, 5.41) is 7.07. The van der Waals surface area contributed by atoms with Gasteiger partial charge in [-0.15, -0.1) is 6.58 Å². The van der Waals surface area contributed by atoms with Crippen molar-refractivity contribution < 1.29 is 0 Å². The van der Waals surface area contributed by atoms with Crippen molar-refractivity contribution >= 4 is 23.0 Å². The van der Waals surface area contributed by atoms with Gasteiger partial charge in [0.1, 0.15) is 0 Å². The molecule has 0 bridgehead atoms. The van der Waals surface area contributed by atoms with Gasteiger partial charge in [0.15, 0.2) is 5.11 Å². The van der Waals surface area contributed by atoms with Gasteiger partial charge >= 0.3 is 0 Å². The molecule has 1 aromatic carbocycles. The second-order valence-electron chi connectivity index (χ2n) is 5.59. The zero-order valence-electron chi connectivity index (χ0n) is 13.3. The number of rotatable bonds is 6. The van der Waals surface area contributed by atoms with Gasteiger partial charge in [0.05, 0.1) is 0 Å². The van der Waals surface area contributed by atoms with Crippen LogP contribution in [0.5, 0.6) is 0 Å². The van der Waals surface area contributed by atoms with E-state index >= 15 is 0 Å². The van der Waals surface area contributed by atoms with E-state index in [0.29, 0.717) is 17.7 Å². The Hall–Kier alpha value is -1.59. The van der Waals surface area contributed by atoms with Crippen molar-refractivity contribution in [1.82, 2.24) is 15.5 Å². The average Bonchev–Trinajstić information content (AvgIpc) is 2.58. The standard InChI is InChI=1S/C17H26N4S/c1-3-9-18-17(22)19-14-15(2)20-10-12-21(13-11-20)16-7-5-4-6-8-16/h3-8,15H,1,9-14H2,2H3,(H2,18,19,22). The van der Waals surface area contributed by atoms with Crippen LogP contribution in [0.4, 0.5) is 5.69 Å². The summed E-state index contributed by atoms with van der Waals surface area (Å²) >= 11 is 5.23. The zero-order valence-corrected chi connectivity index (χ0v) is 14.1. The molecule has 1 fully saturated rings. The van der Waals surface area contributed by atoms with Gasteiger partial charge in [-0.2, -0.15) is 0 Å². The molecule has 120 valence electrons. The smallest absolute Gasteiger partial charge is 0.166 e. The van der Waals surface area contributed by atoms with Gasteiger partial charge in [-0.25, -0.2) is 0 Å². The third-order valence-corrected chi connectivity index (χ3v) is 4.31. The number of anilines is 1. The predicted octanol–water partition coefficient (Wildman–Crippen LogP) is 1.85. The number of nitrogens with one attached hydrogen (secondary N) is 2. The van der Waals surface area contributed by atoms with Crippen molar-refractivity contribution in [2.45, 2.75) is 13.0 Å². The zero-order chi connectivity index (χ0) is 15.8. The maximum Gasteiger partial charge on any atom is 0.166 e. The molecular weight excluding hydrogens is 292 g/mol. The highest BCUT2D eigenvalue weighted by Gasteiger charge is 2.21. The molecule has 1 aliphatic heterocycles. The SMILES string of the molecule is C=CCNC(=S)NCC(C)N1CCN(c2ccccc2)CC1. The van der Waals surface area contributed by atoms with E-state index in [1.807, 2.05) is 0 Å². The first-order valence-electron chi connectivity index (χ1n) is 7.87. The van der Waals surface area contributed by atoms with Crippen LogP contribution in [0.1, 0.15) is 6.92 Å². The molecule has 1 unspecified atom stereocenters. The Bertz CT molecular complexity index is 469. The number of benzene rings is 1. The minimum absolute atomic E-state index is 0.474. The molecule has 2 rings (SSSR count). The van der Waals surface area contributed by atoms with Crippen molar-refractivity contribution in [3.05, 3.63) is 43.0 Å². The molecule has 1 heterocycles. The van der Waals surface area contributed by atoms with Crippen LogP contribution < -0.4 is 15.5 Å². The monoisotopic (exact) mass is 318 g/mol. The Labute approximate surface area is 139 Å². The van der Waals surface area contributed by atoms with Crippen LogP contribution in [-0.4, -0.2) is 55.3 Å². The van der Waals surface area contributed by atoms with E-state index in [2.05, 4.69) is 64.3 Å². The summed E-state index contributed by atoms with van der Waals surface area (Å²) in [7, 11) is 0. The highest BCUT2D eigenvalue weighted by Crippen LogP contribution is 2.16. The first-order chi connectivity index (χ1) is 10.7. The van der Waals surface area contributed by atoms with Gasteiger partial charge < -0.3 is 15.5 Å². The van der Waals surface area contributed by atoms with E-state index in [0.717, 1.165) is 32.7 Å². The second-order valence-corrected chi connectivity index (χ2v) is 6.00. The van der Waals surface area contributed by atoms with Crippen LogP contribution in [0.15, 0.2) is 43.0 Å². The molecule has 0 amide bonds. The van der Waals surface area contributed by atoms with Gasteiger partial charge in [0, 0.05) is 51.0 Å². The van der Waals surface area contributed by atoms with E-state index < -0.39 is 0 Å². The number of hydrogen-bond acceptors (Lipinski definition) is 3. The highest BCUT2D eigenvalue weighted by molar-refractivity contribution is 7.80. The van der Waals surface area contributed by atoms with Gasteiger partial charge in [0.2, 0.25) is 0 Å². The maximum absolute atomic E-state index is 5.23. The lowest BCUT2D eigenvalue weighted by atomic mass is 10.2. The fourth-order valence-corrected chi connectivity index (χ4v) is 2.82. The summed E-state index contributed by atoms with van der Waals surface area (Å²) in [4.78, 5) is 4.97. The molecule has 22 heavy (non-hydrogen) atoms. The van der Waals surface area contributed by atoms with Crippen molar-refractivity contribution in [2.24, 2.45) is 0 Å². The molecule has 0 aromatic heterocycles. The molecule has 0 aliphatic carbocycles. The molecule has 2 N–H and O–H groups in total. The Kier molecular flexibility index (Phi) is 6.68. The molecule has 1 aromatic rings. The van der Waals surface area contributed by atoms with Crippen molar-refractivity contribution in [1.29, 1.82) is 0 Å². The Morgan fingerprint density at radius 2 is 1.91 bits per heavy atom. The predicted molar refractivity (Wildman–Crippen MR) is 98.5 cm³/mol. The van der Waals surface area contributed by atoms with Gasteiger partial charge in [-0.1, -0.05) is 24.3 Å². The second kappa shape index (κ2) is 8.76. The molecule has 1 atom stereocenters. The molecule has 0 spiro atoms. The molecule has 1 saturated heterocycles. The van der Waals surface area contributed by atoms with E-state index in [9.17, 15) is 0 Å². The molecular formula is C17H26N4S. The van der Waals surface area contributed by atoms with Crippen LogP contribution >= 0.6 is 12.2 Å². The summed E-state index contributed by atoms with van der Waals surface area (Å²) in [6.45, 7) is 11.8. The number of para-hydroxylation sites is 1. The van der Waals surface area contributed by atoms with Gasteiger partial charge in [0.25, 0.3) is 0 Å². The van der Waals surface area contributed by atoms with Crippen LogP contribution in [-0.2, 0) is 0 Å². The van der Waals surface area contributed by atoms with Crippen molar-refractivity contribution in [3.8, 4) is 0 Å². The Morgan fingerprint density at radius 3 is 2.55 bits per heavy atom. The number of piperazine rings is 1. The van der Waals surface area contributed by atoms with E-state index in [1.165, 1.54) is 5.69 Å². The molecule has 1 aliphatic rings. The summed E-state index contributed by atoms with van der Waals surface area (Å²) in [6, 6.07) is 11.1. The first kappa shape index (κ1) is 16.8. The van der Waals surface area contributed by atoms with Gasteiger partial charge in [-0.05, 0) is 31.3 Å². The molecule has 0 saturated carbocycles. The van der Waals surface area contributed by atoms with Crippen LogP contribution in [0.25, 0.3) is 0 Å². The van der Waals surface area contributed by atoms with Crippen LogP contribution in [0.2, 0.25) is 0 Å². The maximum atomic E-state index is 5.23. The quantitative estimate of drug-likeness (QED) is 0.617. The van der Waals surface area contributed by atoms with Crippen LogP contribution in [0.3, 0.4) is 0 Å². The van der Waals surface area contributed by atoms with Gasteiger partial charge in [-0.3, -0.25) is 4.90 Å². The highest BCUT2D eigenvalue weighted by atomic mass is 32.1. The minimum atomic E-state index is 0.474. The lowest BCUT2D eigenvalue weighted by Gasteiger charge is -2.39. The number of hydrogen-bond donors (Lipinski definition) is 2.